The van der Waals surface area contributed by atoms with Gasteiger partial charge < -0.3 is 14.8 Å². The molecule has 5 nitrogen and oxygen atoms in total. The molecular weight excluding hydrogens is 342 g/mol. The van der Waals surface area contributed by atoms with E-state index < -0.39 is 5.97 Å². The van der Waals surface area contributed by atoms with Crippen molar-refractivity contribution in [1.29, 1.82) is 0 Å². The third-order valence-electron chi connectivity index (χ3n) is 6.34. The van der Waals surface area contributed by atoms with E-state index in [0.29, 0.717) is 12.2 Å². The largest absolute Gasteiger partial charge is 0.494 e. The molecule has 146 valence electrons. The van der Waals surface area contributed by atoms with Crippen LogP contribution in [0.25, 0.3) is 0 Å². The van der Waals surface area contributed by atoms with E-state index in [4.69, 9.17) is 9.47 Å². The lowest BCUT2D eigenvalue weighted by molar-refractivity contribution is -0.130. The van der Waals surface area contributed by atoms with Crippen LogP contribution < -0.4 is 10.1 Å². The van der Waals surface area contributed by atoms with Crippen molar-refractivity contribution in [3.05, 3.63) is 29.8 Å². The van der Waals surface area contributed by atoms with Crippen LogP contribution in [0.5, 0.6) is 5.75 Å². The van der Waals surface area contributed by atoms with Gasteiger partial charge in [-0.15, -0.1) is 0 Å². The first-order chi connectivity index (χ1) is 13.0. The van der Waals surface area contributed by atoms with Crippen molar-refractivity contribution in [1.82, 2.24) is 5.32 Å². The number of nitrogens with one attached hydrogen (secondary N) is 1. The summed E-state index contributed by atoms with van der Waals surface area (Å²) in [6.07, 6.45) is 8.22. The summed E-state index contributed by atoms with van der Waals surface area (Å²) in [4.78, 5) is 24.6. The minimum absolute atomic E-state index is 0.0451. The Bertz CT molecular complexity index is 661. The van der Waals surface area contributed by atoms with E-state index in [0.717, 1.165) is 49.2 Å². The molecule has 4 saturated carbocycles. The van der Waals surface area contributed by atoms with Gasteiger partial charge in [-0.05, 0) is 87.0 Å². The third kappa shape index (κ3) is 4.12. The first-order valence-electron chi connectivity index (χ1n) is 10.3. The number of esters is 1. The van der Waals surface area contributed by atoms with Crippen LogP contribution in [0.4, 0.5) is 0 Å². The zero-order valence-electron chi connectivity index (χ0n) is 16.0. The molecule has 0 aromatic heterocycles. The lowest BCUT2D eigenvalue weighted by atomic mass is 9.53. The highest BCUT2D eigenvalue weighted by molar-refractivity contribution is 5.91. The number of ether oxygens (including phenoxy) is 2. The van der Waals surface area contributed by atoms with Crippen LogP contribution in [0.2, 0.25) is 0 Å². The van der Waals surface area contributed by atoms with Gasteiger partial charge in [0.15, 0.2) is 6.61 Å². The summed E-state index contributed by atoms with van der Waals surface area (Å²) in [6.45, 7) is 2.48. The fraction of sp³-hybridized carbons (Fsp3) is 0.636. The van der Waals surface area contributed by atoms with E-state index in [-0.39, 0.29) is 18.1 Å². The normalized spacial score (nSPS) is 30.8. The van der Waals surface area contributed by atoms with Crippen molar-refractivity contribution in [2.24, 2.45) is 17.8 Å². The van der Waals surface area contributed by atoms with E-state index in [2.05, 4.69) is 5.32 Å². The van der Waals surface area contributed by atoms with Crippen molar-refractivity contribution >= 4 is 11.9 Å². The van der Waals surface area contributed by atoms with E-state index >= 15 is 0 Å². The van der Waals surface area contributed by atoms with Gasteiger partial charge in [0.25, 0.3) is 5.91 Å². The van der Waals surface area contributed by atoms with Crippen LogP contribution in [0.1, 0.15) is 62.2 Å². The molecule has 1 aromatic carbocycles. The average Bonchev–Trinajstić information content (AvgIpc) is 2.63. The maximum absolute atomic E-state index is 12.4. The number of benzene rings is 1. The van der Waals surface area contributed by atoms with Crippen LogP contribution in [0, 0.1) is 17.8 Å². The molecular formula is C22H29NO4. The Labute approximate surface area is 160 Å². The van der Waals surface area contributed by atoms with Gasteiger partial charge in [-0.25, -0.2) is 4.79 Å². The monoisotopic (exact) mass is 371 g/mol. The zero-order chi connectivity index (χ0) is 18.9. The highest BCUT2D eigenvalue weighted by atomic mass is 16.5. The molecule has 1 amide bonds. The molecule has 4 bridgehead atoms. The maximum Gasteiger partial charge on any atom is 0.338 e. The fourth-order valence-electron chi connectivity index (χ4n) is 5.72. The summed E-state index contributed by atoms with van der Waals surface area (Å²) < 4.78 is 10.7. The summed E-state index contributed by atoms with van der Waals surface area (Å²) in [5.74, 6) is 2.39. The number of hydrogen-bond donors (Lipinski definition) is 1. The Balaban J connectivity index is 1.27. The van der Waals surface area contributed by atoms with Crippen LogP contribution in [0.3, 0.4) is 0 Å². The van der Waals surface area contributed by atoms with Gasteiger partial charge in [0, 0.05) is 5.54 Å². The van der Waals surface area contributed by atoms with Gasteiger partial charge in [0.1, 0.15) is 5.75 Å². The van der Waals surface area contributed by atoms with Crippen molar-refractivity contribution in [2.45, 2.75) is 57.4 Å². The van der Waals surface area contributed by atoms with E-state index in [1.165, 1.54) is 19.3 Å². The van der Waals surface area contributed by atoms with Crippen LogP contribution in [-0.4, -0.2) is 30.6 Å². The predicted molar refractivity (Wildman–Crippen MR) is 102 cm³/mol. The maximum atomic E-state index is 12.4. The van der Waals surface area contributed by atoms with Crippen molar-refractivity contribution in [3.63, 3.8) is 0 Å². The molecule has 1 N–H and O–H groups in total. The number of carbonyl (C=O) groups is 2. The highest BCUT2D eigenvalue weighted by Crippen LogP contribution is 2.55. The molecule has 5 rings (SSSR count). The lowest BCUT2D eigenvalue weighted by Gasteiger charge is -2.56. The molecule has 27 heavy (non-hydrogen) atoms. The third-order valence-corrected chi connectivity index (χ3v) is 6.34. The van der Waals surface area contributed by atoms with E-state index in [1.807, 2.05) is 6.92 Å². The van der Waals surface area contributed by atoms with Gasteiger partial charge in [-0.3, -0.25) is 4.79 Å². The molecule has 0 unspecified atom stereocenters. The summed E-state index contributed by atoms with van der Waals surface area (Å²) in [6, 6.07) is 6.85. The summed E-state index contributed by atoms with van der Waals surface area (Å²) in [5, 5.41) is 3.23. The Morgan fingerprint density at radius 1 is 1.04 bits per heavy atom. The van der Waals surface area contributed by atoms with Crippen LogP contribution in [-0.2, 0) is 9.53 Å². The molecule has 0 heterocycles. The number of amides is 1. The number of hydrogen-bond acceptors (Lipinski definition) is 4. The zero-order valence-corrected chi connectivity index (χ0v) is 16.0. The van der Waals surface area contributed by atoms with Crippen molar-refractivity contribution in [2.75, 3.05) is 13.2 Å². The molecule has 0 spiro atoms. The molecule has 0 radical (unpaired) electrons. The van der Waals surface area contributed by atoms with Crippen LogP contribution >= 0.6 is 0 Å². The lowest BCUT2D eigenvalue weighted by Crippen LogP contribution is -2.60. The van der Waals surface area contributed by atoms with Gasteiger partial charge in [-0.1, -0.05) is 6.92 Å². The quantitative estimate of drug-likeness (QED) is 0.742. The Kier molecular flexibility index (Phi) is 5.11. The van der Waals surface area contributed by atoms with E-state index in [1.54, 1.807) is 24.3 Å². The number of rotatable bonds is 7. The average molecular weight is 371 g/mol. The van der Waals surface area contributed by atoms with E-state index in [9.17, 15) is 9.59 Å². The first kappa shape index (κ1) is 18.3. The van der Waals surface area contributed by atoms with Crippen molar-refractivity contribution in [3.8, 4) is 5.75 Å². The molecule has 4 aliphatic carbocycles. The Morgan fingerprint density at radius 3 is 2.19 bits per heavy atom. The van der Waals surface area contributed by atoms with Gasteiger partial charge in [0.2, 0.25) is 0 Å². The van der Waals surface area contributed by atoms with Crippen molar-refractivity contribution < 1.29 is 19.1 Å². The van der Waals surface area contributed by atoms with Crippen LogP contribution in [0.15, 0.2) is 24.3 Å². The number of carbonyl (C=O) groups excluding carboxylic acids is 2. The second-order valence-corrected chi connectivity index (χ2v) is 8.70. The molecule has 5 heteroatoms. The molecule has 0 aliphatic heterocycles. The molecule has 4 aliphatic rings. The van der Waals surface area contributed by atoms with Gasteiger partial charge in [0.05, 0.1) is 12.2 Å². The highest BCUT2D eigenvalue weighted by Gasteiger charge is 2.51. The van der Waals surface area contributed by atoms with Gasteiger partial charge >= 0.3 is 5.97 Å². The SMILES string of the molecule is CCCOc1ccc(C(=O)OCC(=O)NC23CC4CC(CC(C4)C2)C3)cc1. The fourth-order valence-corrected chi connectivity index (χ4v) is 5.72. The molecule has 4 fully saturated rings. The summed E-state index contributed by atoms with van der Waals surface area (Å²) in [5.41, 5.74) is 0.387. The summed E-state index contributed by atoms with van der Waals surface area (Å²) in [7, 11) is 0. The second-order valence-electron chi connectivity index (χ2n) is 8.70. The molecule has 1 aromatic rings. The standard InChI is InChI=1S/C22H29NO4/c1-2-7-26-19-5-3-18(4-6-19)21(25)27-14-20(24)23-22-11-15-8-16(12-22)10-17(9-15)13-22/h3-6,15-17H,2,7-14H2,1H3,(H,23,24). The van der Waals surface area contributed by atoms with Gasteiger partial charge in [-0.2, -0.15) is 0 Å². The predicted octanol–water partition coefficient (Wildman–Crippen LogP) is 3.72. The first-order valence-corrected chi connectivity index (χ1v) is 10.3. The second kappa shape index (κ2) is 7.53. The summed E-state index contributed by atoms with van der Waals surface area (Å²) >= 11 is 0. The smallest absolute Gasteiger partial charge is 0.338 e. The topological polar surface area (TPSA) is 64.6 Å². The minimum Gasteiger partial charge on any atom is -0.494 e. The Morgan fingerprint density at radius 2 is 1.63 bits per heavy atom. The molecule has 0 atom stereocenters. The Hall–Kier alpha value is -2.04. The minimum atomic E-state index is -0.474. The molecule has 0 saturated heterocycles.